The van der Waals surface area contributed by atoms with E-state index >= 15 is 0 Å². The molecule has 0 saturated carbocycles. The molecule has 0 atom stereocenters. The molecule has 104 valence electrons. The number of anilines is 1. The molecule has 0 saturated heterocycles. The smallest absolute Gasteiger partial charge is 0.275 e. The maximum absolute atomic E-state index is 11.8. The van der Waals surface area contributed by atoms with Crippen LogP contribution in [0.25, 0.3) is 11.0 Å². The topological polar surface area (TPSA) is 73.6 Å². The molecular weight excluding hydrogens is 240 g/mol. The van der Waals surface area contributed by atoms with E-state index in [-0.39, 0.29) is 5.56 Å². The van der Waals surface area contributed by atoms with Gasteiger partial charge in [0, 0.05) is 11.7 Å². The quantitative estimate of drug-likeness (QED) is 0.749. The van der Waals surface area contributed by atoms with Crippen LogP contribution in [-0.4, -0.2) is 21.2 Å². The highest BCUT2D eigenvalue weighted by atomic mass is 16.1. The van der Waals surface area contributed by atoms with Crippen molar-refractivity contribution in [3.63, 3.8) is 0 Å². The molecule has 0 amide bonds. The zero-order valence-electron chi connectivity index (χ0n) is 11.8. The fourth-order valence-electron chi connectivity index (χ4n) is 2.49. The Bertz CT molecular complexity index is 593. The van der Waals surface area contributed by atoms with Crippen molar-refractivity contribution >= 4 is 16.7 Å². The Balaban J connectivity index is 2.37. The normalized spacial score (nSPS) is 11.4. The number of hydrogen-bond donors (Lipinski definition) is 3. The van der Waals surface area contributed by atoms with Crippen molar-refractivity contribution in [1.82, 2.24) is 15.2 Å². The number of nitrogens with zero attached hydrogens (tertiary/aromatic N) is 1. The number of pyridine rings is 1. The Morgan fingerprint density at radius 2 is 1.95 bits per heavy atom. The molecule has 0 radical (unpaired) electrons. The maximum atomic E-state index is 11.8. The third-order valence-electron chi connectivity index (χ3n) is 3.30. The summed E-state index contributed by atoms with van der Waals surface area (Å²) in [7, 11) is 0. The molecular formula is C14H22N4O. The Kier molecular flexibility index (Phi) is 4.24. The van der Waals surface area contributed by atoms with Gasteiger partial charge in [0.05, 0.1) is 5.69 Å². The van der Waals surface area contributed by atoms with Gasteiger partial charge < -0.3 is 5.32 Å². The van der Waals surface area contributed by atoms with Gasteiger partial charge in [0.2, 0.25) is 0 Å². The summed E-state index contributed by atoms with van der Waals surface area (Å²) in [6.07, 6.45) is 4.49. The van der Waals surface area contributed by atoms with Crippen molar-refractivity contribution < 1.29 is 0 Å². The van der Waals surface area contributed by atoms with Gasteiger partial charge in [0.25, 0.3) is 5.56 Å². The minimum Gasteiger partial charge on any atom is -0.382 e. The highest BCUT2D eigenvalue weighted by molar-refractivity contribution is 5.88. The first-order chi connectivity index (χ1) is 9.15. The van der Waals surface area contributed by atoms with Gasteiger partial charge in [0.15, 0.2) is 5.65 Å². The van der Waals surface area contributed by atoms with E-state index in [1.54, 1.807) is 0 Å². The van der Waals surface area contributed by atoms with Gasteiger partial charge in [-0.05, 0) is 25.8 Å². The van der Waals surface area contributed by atoms with Gasteiger partial charge in [-0.15, -0.1) is 0 Å². The summed E-state index contributed by atoms with van der Waals surface area (Å²) in [5, 5.41) is 9.56. The first-order valence-corrected chi connectivity index (χ1v) is 7.00. The summed E-state index contributed by atoms with van der Waals surface area (Å²) in [5.74, 6) is 0. The molecule has 0 aromatic carbocycles. The van der Waals surface area contributed by atoms with Crippen LogP contribution in [0.15, 0.2) is 10.9 Å². The van der Waals surface area contributed by atoms with Crippen LogP contribution in [0.3, 0.4) is 0 Å². The van der Waals surface area contributed by atoms with Crippen molar-refractivity contribution in [3.05, 3.63) is 22.1 Å². The summed E-state index contributed by atoms with van der Waals surface area (Å²) < 4.78 is 0. The Labute approximate surface area is 112 Å². The zero-order valence-corrected chi connectivity index (χ0v) is 11.8. The predicted octanol–water partition coefficient (Wildman–Crippen LogP) is 2.94. The second-order valence-electron chi connectivity index (χ2n) is 5.03. The Hall–Kier alpha value is -1.78. The van der Waals surface area contributed by atoms with Gasteiger partial charge in [-0.3, -0.25) is 15.0 Å². The number of H-pyrrole nitrogens is 2. The fourth-order valence-corrected chi connectivity index (χ4v) is 2.49. The molecule has 2 aromatic heterocycles. The standard InChI is InChI=1S/C14H22N4O/c1-4-6-10(7-5-2)16-11-8-9(3)15-13-12(11)14(19)18-17-13/h8,10H,4-7H2,1-3H3,(H3,15,16,17,18,19). The van der Waals surface area contributed by atoms with Crippen LogP contribution < -0.4 is 10.9 Å². The van der Waals surface area contributed by atoms with Gasteiger partial charge in [-0.25, -0.2) is 4.98 Å². The average Bonchev–Trinajstić information content (AvgIpc) is 2.71. The second kappa shape index (κ2) is 5.91. The van der Waals surface area contributed by atoms with Crippen molar-refractivity contribution in [2.75, 3.05) is 5.32 Å². The Morgan fingerprint density at radius 3 is 2.58 bits per heavy atom. The molecule has 19 heavy (non-hydrogen) atoms. The van der Waals surface area contributed by atoms with Crippen molar-refractivity contribution in [2.24, 2.45) is 0 Å². The van der Waals surface area contributed by atoms with Crippen molar-refractivity contribution in [1.29, 1.82) is 0 Å². The molecule has 5 nitrogen and oxygen atoms in total. The number of rotatable bonds is 6. The second-order valence-corrected chi connectivity index (χ2v) is 5.03. The van der Waals surface area contributed by atoms with Crippen LogP contribution >= 0.6 is 0 Å². The summed E-state index contributed by atoms with van der Waals surface area (Å²) in [4.78, 5) is 16.2. The molecule has 3 N–H and O–H groups in total. The van der Waals surface area contributed by atoms with Crippen molar-refractivity contribution in [3.8, 4) is 0 Å². The first-order valence-electron chi connectivity index (χ1n) is 7.00. The van der Waals surface area contributed by atoms with Gasteiger partial charge in [-0.1, -0.05) is 26.7 Å². The number of hydrogen-bond acceptors (Lipinski definition) is 3. The molecule has 5 heteroatoms. The highest BCUT2D eigenvalue weighted by Crippen LogP contribution is 2.21. The monoisotopic (exact) mass is 262 g/mol. The van der Waals surface area contributed by atoms with E-state index in [1.807, 2.05) is 13.0 Å². The molecule has 0 unspecified atom stereocenters. The molecule has 0 bridgehead atoms. The highest BCUT2D eigenvalue weighted by Gasteiger charge is 2.13. The number of aryl methyl sites for hydroxylation is 1. The molecule has 2 rings (SSSR count). The number of aromatic amines is 2. The lowest BCUT2D eigenvalue weighted by Gasteiger charge is -2.19. The lowest BCUT2D eigenvalue weighted by atomic mass is 10.1. The molecule has 2 heterocycles. The SMILES string of the molecule is CCCC(CCC)Nc1cc(C)nc2[nH][nH]c(=O)c12. The lowest BCUT2D eigenvalue weighted by Crippen LogP contribution is -2.20. The number of aromatic nitrogens is 3. The van der Waals surface area contributed by atoms with Crippen molar-refractivity contribution in [2.45, 2.75) is 52.5 Å². The van der Waals surface area contributed by atoms with E-state index in [0.717, 1.165) is 37.1 Å². The fraction of sp³-hybridized carbons (Fsp3) is 0.571. The van der Waals surface area contributed by atoms with E-state index in [2.05, 4.69) is 34.3 Å². The molecule has 0 aliphatic heterocycles. The summed E-state index contributed by atoms with van der Waals surface area (Å²) in [6.45, 7) is 6.30. The van der Waals surface area contributed by atoms with Crippen LogP contribution in [0.1, 0.15) is 45.2 Å². The summed E-state index contributed by atoms with van der Waals surface area (Å²) in [5.41, 5.74) is 2.30. The third-order valence-corrected chi connectivity index (χ3v) is 3.30. The van der Waals surface area contributed by atoms with Crippen LogP contribution in [-0.2, 0) is 0 Å². The summed E-state index contributed by atoms with van der Waals surface area (Å²) in [6, 6.07) is 2.36. The van der Waals surface area contributed by atoms with Gasteiger partial charge in [-0.2, -0.15) is 0 Å². The minimum atomic E-state index is -0.114. The summed E-state index contributed by atoms with van der Waals surface area (Å²) >= 11 is 0. The third kappa shape index (κ3) is 2.97. The van der Waals surface area contributed by atoms with E-state index in [0.29, 0.717) is 17.1 Å². The largest absolute Gasteiger partial charge is 0.382 e. The molecule has 0 spiro atoms. The van der Waals surface area contributed by atoms with Gasteiger partial charge in [0.1, 0.15) is 5.39 Å². The Morgan fingerprint density at radius 1 is 1.26 bits per heavy atom. The van der Waals surface area contributed by atoms with E-state index in [1.165, 1.54) is 0 Å². The molecule has 0 aliphatic rings. The van der Waals surface area contributed by atoms with Crippen LogP contribution in [0, 0.1) is 6.92 Å². The van der Waals surface area contributed by atoms with Crippen LogP contribution in [0.5, 0.6) is 0 Å². The predicted molar refractivity (Wildman–Crippen MR) is 78.7 cm³/mol. The van der Waals surface area contributed by atoms with Crippen LogP contribution in [0.4, 0.5) is 5.69 Å². The molecule has 2 aromatic rings. The number of nitrogens with one attached hydrogen (secondary N) is 3. The zero-order chi connectivity index (χ0) is 13.8. The van der Waals surface area contributed by atoms with E-state index < -0.39 is 0 Å². The molecule has 0 fully saturated rings. The number of fused-ring (bicyclic) bond motifs is 1. The maximum Gasteiger partial charge on any atom is 0.275 e. The van der Waals surface area contributed by atoms with E-state index in [9.17, 15) is 4.79 Å². The first kappa shape index (κ1) is 13.6. The molecule has 0 aliphatic carbocycles. The van der Waals surface area contributed by atoms with Gasteiger partial charge >= 0.3 is 0 Å². The lowest BCUT2D eigenvalue weighted by molar-refractivity contribution is 0.587. The van der Waals surface area contributed by atoms with E-state index in [4.69, 9.17) is 0 Å². The minimum absolute atomic E-state index is 0.114. The average molecular weight is 262 g/mol. The van der Waals surface area contributed by atoms with Crippen LogP contribution in [0.2, 0.25) is 0 Å².